The molecule has 2 fully saturated rings. The molecule has 1 heterocycles. The van der Waals surface area contributed by atoms with Crippen molar-refractivity contribution in [3.63, 3.8) is 0 Å². The Morgan fingerprint density at radius 3 is 2.54 bits per heavy atom. The third-order valence-corrected chi connectivity index (χ3v) is 3.75. The fourth-order valence-corrected chi connectivity index (χ4v) is 3.13. The fraction of sp³-hybridized carbons (Fsp3) is 1.00. The summed E-state index contributed by atoms with van der Waals surface area (Å²) in [5, 5.41) is 8.95. The van der Waals surface area contributed by atoms with Gasteiger partial charge in [0.25, 0.3) is 0 Å². The summed E-state index contributed by atoms with van der Waals surface area (Å²) >= 11 is 0. The topological polar surface area (TPSA) is 23.5 Å². The van der Waals surface area contributed by atoms with Gasteiger partial charge in [-0.2, -0.15) is 0 Å². The highest BCUT2D eigenvalue weighted by atomic mass is 16.3. The summed E-state index contributed by atoms with van der Waals surface area (Å²) in [4.78, 5) is 2.51. The Kier molecular flexibility index (Phi) is 3.23. The highest BCUT2D eigenvalue weighted by Crippen LogP contribution is 2.34. The van der Waals surface area contributed by atoms with Crippen LogP contribution in [0.3, 0.4) is 0 Å². The first kappa shape index (κ1) is 9.47. The Hall–Kier alpha value is -0.0800. The average molecular weight is 183 g/mol. The molecule has 1 N–H and O–H groups in total. The summed E-state index contributed by atoms with van der Waals surface area (Å²) in [6, 6.07) is 0.814. The van der Waals surface area contributed by atoms with E-state index in [1.54, 1.807) is 0 Å². The predicted molar refractivity (Wildman–Crippen MR) is 53.6 cm³/mol. The van der Waals surface area contributed by atoms with Crippen molar-refractivity contribution in [2.75, 3.05) is 19.7 Å². The lowest BCUT2D eigenvalue weighted by molar-refractivity contribution is 0.150. The van der Waals surface area contributed by atoms with Gasteiger partial charge in [0.1, 0.15) is 0 Å². The lowest BCUT2D eigenvalue weighted by Gasteiger charge is -2.28. The van der Waals surface area contributed by atoms with Crippen molar-refractivity contribution in [1.29, 1.82) is 0 Å². The number of hydrogen-bond donors (Lipinski definition) is 1. The van der Waals surface area contributed by atoms with Crippen molar-refractivity contribution < 1.29 is 5.11 Å². The molecule has 0 radical (unpaired) electrons. The van der Waals surface area contributed by atoms with Crippen LogP contribution >= 0.6 is 0 Å². The number of nitrogens with zero attached hydrogens (tertiary/aromatic N) is 1. The molecule has 1 atom stereocenters. The van der Waals surface area contributed by atoms with Crippen molar-refractivity contribution in [1.82, 2.24) is 4.90 Å². The third-order valence-electron chi connectivity index (χ3n) is 3.75. The molecule has 2 heteroatoms. The first-order valence-corrected chi connectivity index (χ1v) is 5.76. The van der Waals surface area contributed by atoms with E-state index in [1.165, 1.54) is 45.1 Å². The highest BCUT2D eigenvalue weighted by molar-refractivity contribution is 4.87. The lowest BCUT2D eigenvalue weighted by atomic mass is 9.96. The largest absolute Gasteiger partial charge is 0.395 e. The van der Waals surface area contributed by atoms with E-state index in [4.69, 9.17) is 5.11 Å². The monoisotopic (exact) mass is 183 g/mol. The number of aliphatic hydroxyl groups is 1. The minimum absolute atomic E-state index is 0.337. The summed E-state index contributed by atoms with van der Waals surface area (Å²) in [5.41, 5.74) is 0. The number of likely N-dealkylation sites (tertiary alicyclic amines) is 1. The SMILES string of the molecule is OCCN1CCCC1C1CCCC1. The zero-order valence-electron chi connectivity index (χ0n) is 8.41. The number of hydrogen-bond acceptors (Lipinski definition) is 2. The summed E-state index contributed by atoms with van der Waals surface area (Å²) in [6.45, 7) is 2.46. The van der Waals surface area contributed by atoms with Crippen molar-refractivity contribution in [3.05, 3.63) is 0 Å². The molecule has 2 rings (SSSR count). The standard InChI is InChI=1S/C11H21NO/c13-9-8-12-7-3-6-11(12)10-4-1-2-5-10/h10-11,13H,1-9H2. The maximum atomic E-state index is 8.95. The molecule has 76 valence electrons. The molecule has 0 aromatic carbocycles. The molecule has 1 aliphatic heterocycles. The van der Waals surface area contributed by atoms with E-state index >= 15 is 0 Å². The van der Waals surface area contributed by atoms with Crippen molar-refractivity contribution >= 4 is 0 Å². The smallest absolute Gasteiger partial charge is 0.0558 e. The fourth-order valence-electron chi connectivity index (χ4n) is 3.13. The predicted octanol–water partition coefficient (Wildman–Crippen LogP) is 1.63. The molecule has 1 saturated heterocycles. The summed E-state index contributed by atoms with van der Waals surface area (Å²) in [6.07, 6.45) is 8.48. The van der Waals surface area contributed by atoms with E-state index in [-0.39, 0.29) is 0 Å². The van der Waals surface area contributed by atoms with E-state index in [1.807, 2.05) is 0 Å². The van der Waals surface area contributed by atoms with Gasteiger partial charge in [-0.1, -0.05) is 12.8 Å². The van der Waals surface area contributed by atoms with Gasteiger partial charge in [-0.3, -0.25) is 4.90 Å². The molecule has 0 aromatic rings. The van der Waals surface area contributed by atoms with Gasteiger partial charge in [-0.25, -0.2) is 0 Å². The molecule has 0 spiro atoms. The van der Waals surface area contributed by atoms with Crippen LogP contribution in [0, 0.1) is 5.92 Å². The second-order valence-corrected chi connectivity index (χ2v) is 4.51. The van der Waals surface area contributed by atoms with E-state index < -0.39 is 0 Å². The molecule has 2 aliphatic rings. The van der Waals surface area contributed by atoms with E-state index in [0.717, 1.165) is 18.5 Å². The molecule has 13 heavy (non-hydrogen) atoms. The minimum atomic E-state index is 0.337. The Labute approximate surface area is 80.9 Å². The van der Waals surface area contributed by atoms with E-state index in [9.17, 15) is 0 Å². The third kappa shape index (κ3) is 2.05. The quantitative estimate of drug-likeness (QED) is 0.719. The summed E-state index contributed by atoms with van der Waals surface area (Å²) in [5.74, 6) is 0.953. The normalized spacial score (nSPS) is 31.6. The van der Waals surface area contributed by atoms with Crippen LogP contribution in [0.4, 0.5) is 0 Å². The second kappa shape index (κ2) is 4.43. The number of rotatable bonds is 3. The van der Waals surface area contributed by atoms with Crippen LogP contribution in [0.1, 0.15) is 38.5 Å². The first-order chi connectivity index (χ1) is 6.42. The van der Waals surface area contributed by atoms with Gasteiger partial charge in [0.2, 0.25) is 0 Å². The van der Waals surface area contributed by atoms with Gasteiger partial charge in [0.15, 0.2) is 0 Å². The Bertz CT molecular complexity index is 154. The van der Waals surface area contributed by atoms with Crippen LogP contribution in [0.5, 0.6) is 0 Å². The Balaban J connectivity index is 1.88. The lowest BCUT2D eigenvalue weighted by Crippen LogP contribution is -2.36. The van der Waals surface area contributed by atoms with Crippen LogP contribution in [0.15, 0.2) is 0 Å². The second-order valence-electron chi connectivity index (χ2n) is 4.51. The van der Waals surface area contributed by atoms with Gasteiger partial charge >= 0.3 is 0 Å². The molecule has 0 amide bonds. The first-order valence-electron chi connectivity index (χ1n) is 5.76. The molecule has 0 aromatic heterocycles. The Morgan fingerprint density at radius 1 is 1.08 bits per heavy atom. The number of β-amino-alcohol motifs (C(OH)–C–C–N with tert-alkyl or cyclic N) is 1. The van der Waals surface area contributed by atoms with Crippen molar-refractivity contribution in [2.24, 2.45) is 5.92 Å². The zero-order valence-corrected chi connectivity index (χ0v) is 8.41. The van der Waals surface area contributed by atoms with Crippen LogP contribution in [0.2, 0.25) is 0 Å². The maximum absolute atomic E-state index is 8.95. The molecule has 1 aliphatic carbocycles. The van der Waals surface area contributed by atoms with Gasteiger partial charge in [-0.15, -0.1) is 0 Å². The van der Waals surface area contributed by atoms with Gasteiger partial charge in [0, 0.05) is 12.6 Å². The molecule has 1 saturated carbocycles. The van der Waals surface area contributed by atoms with Gasteiger partial charge < -0.3 is 5.11 Å². The average Bonchev–Trinajstić information content (AvgIpc) is 2.71. The summed E-state index contributed by atoms with van der Waals surface area (Å²) < 4.78 is 0. The highest BCUT2D eigenvalue weighted by Gasteiger charge is 2.32. The van der Waals surface area contributed by atoms with Gasteiger partial charge in [0.05, 0.1) is 6.61 Å². The van der Waals surface area contributed by atoms with Crippen LogP contribution in [0.25, 0.3) is 0 Å². The van der Waals surface area contributed by atoms with Crippen molar-refractivity contribution in [3.8, 4) is 0 Å². The Morgan fingerprint density at radius 2 is 1.85 bits per heavy atom. The molecular formula is C11H21NO. The van der Waals surface area contributed by atoms with Crippen LogP contribution < -0.4 is 0 Å². The number of aliphatic hydroxyl groups excluding tert-OH is 1. The van der Waals surface area contributed by atoms with Crippen LogP contribution in [-0.4, -0.2) is 35.7 Å². The molecule has 0 bridgehead atoms. The molecule has 2 nitrogen and oxygen atoms in total. The van der Waals surface area contributed by atoms with E-state index in [0.29, 0.717) is 6.61 Å². The summed E-state index contributed by atoms with van der Waals surface area (Å²) in [7, 11) is 0. The molecular weight excluding hydrogens is 162 g/mol. The zero-order chi connectivity index (χ0) is 9.10. The van der Waals surface area contributed by atoms with Crippen LogP contribution in [-0.2, 0) is 0 Å². The van der Waals surface area contributed by atoms with Gasteiger partial charge in [-0.05, 0) is 38.1 Å². The molecule has 1 unspecified atom stereocenters. The van der Waals surface area contributed by atoms with Crippen molar-refractivity contribution in [2.45, 2.75) is 44.6 Å². The van der Waals surface area contributed by atoms with E-state index in [2.05, 4.69) is 4.90 Å². The maximum Gasteiger partial charge on any atom is 0.0558 e. The minimum Gasteiger partial charge on any atom is -0.395 e.